The normalized spacial score (nSPS) is 23.0. The minimum Gasteiger partial charge on any atom is -0.343 e. The molecule has 28 heavy (non-hydrogen) atoms. The standard InChI is InChI=1S/C13H33N4O8P3/c18-26(19,13-28(23,24)25)11-16-7-1-3-15-6-10-17(12-27(20,21)22)8-2-4-14-5-9-16/h14-15H,1-13H2,(H,18,19)(H2,20,21,22)(H2,23,24,25). The monoisotopic (exact) mass is 466 g/mol. The summed E-state index contributed by atoms with van der Waals surface area (Å²) in [5.74, 6) is -1.02. The van der Waals surface area contributed by atoms with E-state index in [4.69, 9.17) is 19.6 Å². The van der Waals surface area contributed by atoms with Gasteiger partial charge in [-0.25, -0.2) is 0 Å². The Morgan fingerprint density at radius 1 is 0.643 bits per heavy atom. The lowest BCUT2D eigenvalue weighted by molar-refractivity contribution is 0.261. The van der Waals surface area contributed by atoms with Gasteiger partial charge in [0.25, 0.3) is 0 Å². The lowest BCUT2D eigenvalue weighted by atomic mass is 10.3. The molecule has 1 rings (SSSR count). The van der Waals surface area contributed by atoms with Crippen LogP contribution in [0.3, 0.4) is 0 Å². The van der Waals surface area contributed by atoms with Crippen LogP contribution in [0.2, 0.25) is 0 Å². The van der Waals surface area contributed by atoms with Crippen LogP contribution in [0, 0.1) is 0 Å². The van der Waals surface area contributed by atoms with E-state index in [2.05, 4.69) is 10.6 Å². The molecule has 0 aliphatic carbocycles. The zero-order valence-corrected chi connectivity index (χ0v) is 18.6. The van der Waals surface area contributed by atoms with Crippen molar-refractivity contribution in [2.45, 2.75) is 12.8 Å². The molecule has 0 spiro atoms. The van der Waals surface area contributed by atoms with Gasteiger partial charge >= 0.3 is 15.2 Å². The quantitative estimate of drug-likeness (QED) is 0.239. The largest absolute Gasteiger partial charge is 0.343 e. The maximum atomic E-state index is 12.1. The molecule has 12 nitrogen and oxygen atoms in total. The summed E-state index contributed by atoms with van der Waals surface area (Å²) in [6.07, 6.45) is 0.814. The Balaban J connectivity index is 2.55. The Labute approximate surface area is 165 Å². The average Bonchev–Trinajstić information content (AvgIpc) is 2.48. The van der Waals surface area contributed by atoms with Crippen molar-refractivity contribution < 1.29 is 38.2 Å². The van der Waals surface area contributed by atoms with E-state index in [1.54, 1.807) is 9.80 Å². The molecule has 1 heterocycles. The highest BCUT2D eigenvalue weighted by Gasteiger charge is 2.31. The summed E-state index contributed by atoms with van der Waals surface area (Å²) in [4.78, 5) is 49.7. The summed E-state index contributed by atoms with van der Waals surface area (Å²) in [6.45, 7) is 4.32. The first kappa shape index (κ1) is 26.4. The van der Waals surface area contributed by atoms with Crippen molar-refractivity contribution in [3.8, 4) is 0 Å². The molecule has 0 saturated carbocycles. The van der Waals surface area contributed by atoms with Crippen molar-refractivity contribution in [3.05, 3.63) is 0 Å². The van der Waals surface area contributed by atoms with Gasteiger partial charge in [0.1, 0.15) is 12.2 Å². The van der Waals surface area contributed by atoms with Crippen molar-refractivity contribution in [1.29, 1.82) is 0 Å². The van der Waals surface area contributed by atoms with Gasteiger partial charge in [-0.05, 0) is 32.5 Å². The first-order chi connectivity index (χ1) is 12.9. The summed E-state index contributed by atoms with van der Waals surface area (Å²) in [5.41, 5.74) is 0. The van der Waals surface area contributed by atoms with Crippen LogP contribution >= 0.6 is 22.6 Å². The van der Waals surface area contributed by atoms with Crippen LogP contribution in [0.4, 0.5) is 0 Å². The van der Waals surface area contributed by atoms with Gasteiger partial charge in [-0.15, -0.1) is 0 Å². The molecule has 0 aromatic rings. The van der Waals surface area contributed by atoms with E-state index in [0.29, 0.717) is 65.2 Å². The molecule has 7 N–H and O–H groups in total. The Kier molecular flexibility index (Phi) is 11.5. The number of nitrogens with one attached hydrogen (secondary N) is 2. The lowest BCUT2D eigenvalue weighted by Gasteiger charge is -2.26. The van der Waals surface area contributed by atoms with Gasteiger partial charge in [0.2, 0.25) is 7.37 Å². The fourth-order valence-corrected chi connectivity index (χ4v) is 7.36. The van der Waals surface area contributed by atoms with Crippen LogP contribution in [0.25, 0.3) is 0 Å². The van der Waals surface area contributed by atoms with Crippen LogP contribution in [0.5, 0.6) is 0 Å². The molecule has 0 radical (unpaired) electrons. The van der Waals surface area contributed by atoms with Crippen molar-refractivity contribution in [1.82, 2.24) is 20.4 Å². The second-order valence-electron chi connectivity index (χ2n) is 7.04. The third kappa shape index (κ3) is 14.3. The maximum Gasteiger partial charge on any atom is 0.339 e. The molecule has 1 unspecified atom stereocenters. The van der Waals surface area contributed by atoms with E-state index in [1.165, 1.54) is 0 Å². The van der Waals surface area contributed by atoms with Gasteiger partial charge in [0.15, 0.2) is 0 Å². The van der Waals surface area contributed by atoms with Gasteiger partial charge in [0, 0.05) is 32.7 Å². The van der Waals surface area contributed by atoms with Gasteiger partial charge < -0.3 is 35.1 Å². The van der Waals surface area contributed by atoms with Crippen molar-refractivity contribution in [3.63, 3.8) is 0 Å². The van der Waals surface area contributed by atoms with Crippen LogP contribution in [-0.4, -0.2) is 105 Å². The second-order valence-corrected chi connectivity index (χ2v) is 13.1. The van der Waals surface area contributed by atoms with E-state index in [-0.39, 0.29) is 12.6 Å². The molecule has 168 valence electrons. The topological polar surface area (TPSA) is 183 Å². The van der Waals surface area contributed by atoms with Crippen molar-refractivity contribution in [2.24, 2.45) is 0 Å². The first-order valence-electron chi connectivity index (χ1n) is 9.12. The molecular weight excluding hydrogens is 433 g/mol. The lowest BCUT2D eigenvalue weighted by Crippen LogP contribution is -2.39. The molecule has 0 aromatic heterocycles. The minimum absolute atomic E-state index is 0.268. The molecular formula is C13H33N4O8P3. The second kappa shape index (κ2) is 12.2. The molecule has 1 aliphatic heterocycles. The van der Waals surface area contributed by atoms with Gasteiger partial charge in [-0.2, -0.15) is 0 Å². The maximum absolute atomic E-state index is 12.1. The van der Waals surface area contributed by atoms with Crippen LogP contribution in [0.15, 0.2) is 0 Å². The molecule has 0 bridgehead atoms. The Hall–Kier alpha value is 0.330. The zero-order chi connectivity index (χ0) is 21.3. The number of nitrogens with zero attached hydrogens (tertiary/aromatic N) is 2. The predicted molar refractivity (Wildman–Crippen MR) is 107 cm³/mol. The number of hydrogen-bond donors (Lipinski definition) is 7. The van der Waals surface area contributed by atoms with E-state index in [9.17, 15) is 18.6 Å². The number of hydrogen-bond acceptors (Lipinski definition) is 7. The Bertz CT molecular complexity index is 582. The van der Waals surface area contributed by atoms with E-state index < -0.39 is 28.5 Å². The molecule has 1 aliphatic rings. The predicted octanol–water partition coefficient (Wildman–Crippen LogP) is -0.938. The summed E-state index contributed by atoms with van der Waals surface area (Å²) in [5, 5.41) is 6.37. The van der Waals surface area contributed by atoms with Crippen LogP contribution in [-0.2, 0) is 13.7 Å². The summed E-state index contributed by atoms with van der Waals surface area (Å²) < 4.78 is 34.4. The molecule has 0 aromatic carbocycles. The SMILES string of the molecule is O=P(O)(O)CN1CCCNCCN(CP(=O)(O)CP(=O)(O)O)CCCNCC1. The highest BCUT2D eigenvalue weighted by Crippen LogP contribution is 2.54. The highest BCUT2D eigenvalue weighted by molar-refractivity contribution is 7.72. The summed E-state index contributed by atoms with van der Waals surface area (Å²) in [6, 6.07) is 0. The molecule has 15 heteroatoms. The summed E-state index contributed by atoms with van der Waals surface area (Å²) in [7, 11) is -12.6. The van der Waals surface area contributed by atoms with Crippen LogP contribution < -0.4 is 10.6 Å². The third-order valence-electron chi connectivity index (χ3n) is 4.08. The Morgan fingerprint density at radius 2 is 1.11 bits per heavy atom. The van der Waals surface area contributed by atoms with Crippen LogP contribution in [0.1, 0.15) is 12.8 Å². The number of rotatable bonds is 6. The average molecular weight is 466 g/mol. The zero-order valence-electron chi connectivity index (χ0n) is 15.9. The molecule has 1 fully saturated rings. The van der Waals surface area contributed by atoms with Crippen molar-refractivity contribution >= 4 is 22.6 Å². The first-order valence-corrected chi connectivity index (χ1v) is 14.7. The van der Waals surface area contributed by atoms with E-state index >= 15 is 0 Å². The minimum atomic E-state index is -4.56. The van der Waals surface area contributed by atoms with E-state index in [0.717, 1.165) is 0 Å². The van der Waals surface area contributed by atoms with E-state index in [1.807, 2.05) is 0 Å². The highest BCUT2D eigenvalue weighted by atomic mass is 31.2. The van der Waals surface area contributed by atoms with Crippen molar-refractivity contribution in [2.75, 3.05) is 70.8 Å². The third-order valence-corrected chi connectivity index (χ3v) is 8.93. The molecule has 1 atom stereocenters. The molecule has 1 saturated heterocycles. The smallest absolute Gasteiger partial charge is 0.339 e. The van der Waals surface area contributed by atoms with Gasteiger partial charge in [-0.1, -0.05) is 0 Å². The van der Waals surface area contributed by atoms with Gasteiger partial charge in [-0.3, -0.25) is 23.5 Å². The summed E-state index contributed by atoms with van der Waals surface area (Å²) >= 11 is 0. The molecule has 0 amide bonds. The Morgan fingerprint density at radius 3 is 1.54 bits per heavy atom. The fraction of sp³-hybridized carbons (Fsp3) is 1.00. The van der Waals surface area contributed by atoms with Gasteiger partial charge in [0.05, 0.1) is 6.29 Å². The fourth-order valence-electron chi connectivity index (χ4n) is 2.99.